The van der Waals surface area contributed by atoms with Gasteiger partial charge in [0.15, 0.2) is 0 Å². The van der Waals surface area contributed by atoms with Crippen LogP contribution < -0.4 is 5.32 Å². The van der Waals surface area contributed by atoms with Gasteiger partial charge in [-0.2, -0.15) is 0 Å². The number of fused-ring (bicyclic) bond motifs is 3. The lowest BCUT2D eigenvalue weighted by molar-refractivity contribution is 0.0393. The minimum atomic E-state index is 0.413. The maximum Gasteiger partial charge on any atom is 0.0465 e. The number of nitrogens with zero attached hydrogens (tertiary/aromatic N) is 1. The van der Waals surface area contributed by atoms with Gasteiger partial charge in [0.2, 0.25) is 0 Å². The maximum atomic E-state index is 4.62. The lowest BCUT2D eigenvalue weighted by Gasteiger charge is -2.53. The second-order valence-electron chi connectivity index (χ2n) is 6.03. The van der Waals surface area contributed by atoms with Crippen molar-refractivity contribution in [3.8, 4) is 0 Å². The zero-order valence-corrected chi connectivity index (χ0v) is 10.7. The number of hydrogen-bond donors (Lipinski definition) is 1. The van der Waals surface area contributed by atoms with Gasteiger partial charge in [-0.1, -0.05) is 6.07 Å². The first-order valence-electron chi connectivity index (χ1n) is 6.85. The Kier molecular flexibility index (Phi) is 2.70. The first-order valence-corrected chi connectivity index (χ1v) is 6.85. The van der Waals surface area contributed by atoms with Gasteiger partial charge in [0.05, 0.1) is 0 Å². The third-order valence-corrected chi connectivity index (χ3v) is 5.16. The molecule has 1 aromatic heterocycles. The number of pyridine rings is 1. The Hall–Kier alpha value is -0.890. The van der Waals surface area contributed by atoms with E-state index in [0.717, 1.165) is 0 Å². The van der Waals surface area contributed by atoms with E-state index in [1.165, 1.54) is 50.8 Å². The Bertz CT molecular complexity index is 361. The highest BCUT2D eigenvalue weighted by Crippen LogP contribution is 2.56. The summed E-state index contributed by atoms with van der Waals surface area (Å²) < 4.78 is 0. The van der Waals surface area contributed by atoms with E-state index >= 15 is 0 Å². The van der Waals surface area contributed by atoms with E-state index in [9.17, 15) is 0 Å². The average molecular weight is 230 g/mol. The number of aromatic nitrogens is 1. The van der Waals surface area contributed by atoms with Crippen LogP contribution in [0.3, 0.4) is 0 Å². The summed E-state index contributed by atoms with van der Waals surface area (Å²) in [5, 5.41) is 3.39. The van der Waals surface area contributed by atoms with Gasteiger partial charge in [-0.25, -0.2) is 0 Å². The van der Waals surface area contributed by atoms with Crippen molar-refractivity contribution >= 4 is 0 Å². The summed E-state index contributed by atoms with van der Waals surface area (Å²) in [7, 11) is 2.09. The third-order valence-electron chi connectivity index (χ3n) is 5.16. The SMILES string of the molecule is CNCC12CCC(c3ccccn3)(CC1)CC2. The van der Waals surface area contributed by atoms with Gasteiger partial charge in [0.25, 0.3) is 0 Å². The third kappa shape index (κ3) is 1.79. The fraction of sp³-hybridized carbons (Fsp3) is 0.667. The molecule has 2 bridgehead atoms. The number of rotatable bonds is 3. The molecule has 0 amide bonds. The summed E-state index contributed by atoms with van der Waals surface area (Å²) in [6.45, 7) is 1.20. The van der Waals surface area contributed by atoms with Crippen molar-refractivity contribution in [1.82, 2.24) is 10.3 Å². The fourth-order valence-corrected chi connectivity index (χ4v) is 3.96. The van der Waals surface area contributed by atoms with E-state index < -0.39 is 0 Å². The van der Waals surface area contributed by atoms with Crippen LogP contribution >= 0.6 is 0 Å². The second-order valence-corrected chi connectivity index (χ2v) is 6.03. The van der Waals surface area contributed by atoms with Crippen molar-refractivity contribution in [1.29, 1.82) is 0 Å². The molecule has 0 aliphatic heterocycles. The van der Waals surface area contributed by atoms with E-state index in [1.54, 1.807) is 0 Å². The quantitative estimate of drug-likeness (QED) is 0.863. The molecular weight excluding hydrogens is 208 g/mol. The Balaban J connectivity index is 1.82. The molecule has 4 rings (SSSR count). The minimum absolute atomic E-state index is 0.413. The van der Waals surface area contributed by atoms with Gasteiger partial charge >= 0.3 is 0 Å². The molecule has 3 aliphatic rings. The molecule has 3 aliphatic carbocycles. The van der Waals surface area contributed by atoms with Crippen LogP contribution in [0.4, 0.5) is 0 Å². The van der Waals surface area contributed by atoms with Gasteiger partial charge in [-0.05, 0) is 63.1 Å². The Morgan fingerprint density at radius 1 is 1.12 bits per heavy atom. The molecule has 0 atom stereocenters. The molecule has 1 heterocycles. The van der Waals surface area contributed by atoms with Crippen LogP contribution in [0.25, 0.3) is 0 Å². The molecule has 3 saturated carbocycles. The first-order chi connectivity index (χ1) is 8.29. The molecule has 17 heavy (non-hydrogen) atoms. The van der Waals surface area contributed by atoms with Crippen molar-refractivity contribution in [3.63, 3.8) is 0 Å². The van der Waals surface area contributed by atoms with Gasteiger partial charge in [-0.3, -0.25) is 4.98 Å². The lowest BCUT2D eigenvalue weighted by atomic mass is 9.52. The molecule has 3 fully saturated rings. The van der Waals surface area contributed by atoms with Crippen LogP contribution in [0.15, 0.2) is 24.4 Å². The normalized spacial score (nSPS) is 36.1. The summed E-state index contributed by atoms with van der Waals surface area (Å²) in [5.74, 6) is 0. The second kappa shape index (κ2) is 4.09. The highest BCUT2D eigenvalue weighted by Gasteiger charge is 2.49. The minimum Gasteiger partial charge on any atom is -0.319 e. The Morgan fingerprint density at radius 3 is 2.35 bits per heavy atom. The molecular formula is C15H22N2. The van der Waals surface area contributed by atoms with Gasteiger partial charge in [0, 0.05) is 23.9 Å². The van der Waals surface area contributed by atoms with Gasteiger partial charge in [-0.15, -0.1) is 0 Å². The standard InChI is InChI=1S/C15H22N2/c1-16-12-14-5-8-15(9-6-14,10-7-14)13-4-2-3-11-17-13/h2-4,11,16H,5-10,12H2,1H3. The number of nitrogens with one attached hydrogen (secondary N) is 1. The van der Waals surface area contributed by atoms with Crippen LogP contribution in [0.2, 0.25) is 0 Å². The highest BCUT2D eigenvalue weighted by atomic mass is 14.8. The van der Waals surface area contributed by atoms with E-state index in [0.29, 0.717) is 10.8 Å². The smallest absolute Gasteiger partial charge is 0.0465 e. The monoisotopic (exact) mass is 230 g/mol. The van der Waals surface area contributed by atoms with Crippen molar-refractivity contribution in [2.24, 2.45) is 5.41 Å². The zero-order valence-electron chi connectivity index (χ0n) is 10.7. The van der Waals surface area contributed by atoms with Crippen LogP contribution in [0.1, 0.15) is 44.2 Å². The molecule has 92 valence electrons. The Labute approximate surface area is 104 Å². The van der Waals surface area contributed by atoms with Crippen molar-refractivity contribution < 1.29 is 0 Å². The van der Waals surface area contributed by atoms with Crippen LogP contribution in [-0.2, 0) is 5.41 Å². The Morgan fingerprint density at radius 2 is 1.82 bits per heavy atom. The first kappa shape index (κ1) is 11.2. The largest absolute Gasteiger partial charge is 0.319 e. The van der Waals surface area contributed by atoms with E-state index in [2.05, 4.69) is 29.5 Å². The maximum absolute atomic E-state index is 4.62. The number of hydrogen-bond acceptors (Lipinski definition) is 2. The highest BCUT2D eigenvalue weighted by molar-refractivity contribution is 5.21. The fourth-order valence-electron chi connectivity index (χ4n) is 3.96. The molecule has 1 aromatic rings. The molecule has 2 heteroatoms. The molecule has 1 N–H and O–H groups in total. The molecule has 0 aromatic carbocycles. The van der Waals surface area contributed by atoms with Crippen LogP contribution in [-0.4, -0.2) is 18.6 Å². The zero-order chi connectivity index (χ0) is 11.8. The summed E-state index contributed by atoms with van der Waals surface area (Å²) in [4.78, 5) is 4.62. The van der Waals surface area contributed by atoms with Crippen molar-refractivity contribution in [3.05, 3.63) is 30.1 Å². The summed E-state index contributed by atoms with van der Waals surface area (Å²) in [6, 6.07) is 6.40. The molecule has 0 saturated heterocycles. The van der Waals surface area contributed by atoms with Crippen molar-refractivity contribution in [2.75, 3.05) is 13.6 Å². The van der Waals surface area contributed by atoms with E-state index in [4.69, 9.17) is 0 Å². The van der Waals surface area contributed by atoms with Crippen LogP contribution in [0, 0.1) is 5.41 Å². The van der Waals surface area contributed by atoms with E-state index in [1.807, 2.05) is 12.3 Å². The summed E-state index contributed by atoms with van der Waals surface area (Å²) in [5.41, 5.74) is 2.36. The molecule has 2 nitrogen and oxygen atoms in total. The van der Waals surface area contributed by atoms with E-state index in [-0.39, 0.29) is 0 Å². The summed E-state index contributed by atoms with van der Waals surface area (Å²) >= 11 is 0. The van der Waals surface area contributed by atoms with Crippen molar-refractivity contribution in [2.45, 2.75) is 43.9 Å². The molecule has 0 radical (unpaired) electrons. The molecule has 0 unspecified atom stereocenters. The average Bonchev–Trinajstić information content (AvgIpc) is 2.42. The summed E-state index contributed by atoms with van der Waals surface area (Å²) in [6.07, 6.45) is 10.1. The predicted octanol–water partition coefficient (Wildman–Crippen LogP) is 2.89. The van der Waals surface area contributed by atoms with Gasteiger partial charge in [0.1, 0.15) is 0 Å². The lowest BCUT2D eigenvalue weighted by Crippen LogP contribution is -2.48. The van der Waals surface area contributed by atoms with Gasteiger partial charge < -0.3 is 5.32 Å². The van der Waals surface area contributed by atoms with Crippen LogP contribution in [0.5, 0.6) is 0 Å². The predicted molar refractivity (Wildman–Crippen MR) is 70.0 cm³/mol. The topological polar surface area (TPSA) is 24.9 Å². The molecule has 0 spiro atoms.